The Kier molecular flexibility index (Phi) is 5.81. The number of aliphatic hydroxyl groups excluding tert-OH is 1. The molecule has 0 unspecified atom stereocenters. The van der Waals surface area contributed by atoms with Crippen LogP contribution in [0.3, 0.4) is 0 Å². The van der Waals surface area contributed by atoms with Crippen LogP contribution in [0.2, 0.25) is 0 Å². The maximum atomic E-state index is 9.02. The highest BCUT2D eigenvalue weighted by atomic mass is 16.3. The Morgan fingerprint density at radius 3 is 2.68 bits per heavy atom. The van der Waals surface area contributed by atoms with Crippen LogP contribution >= 0.6 is 0 Å². The first-order chi connectivity index (χ1) is 9.08. The Labute approximate surface area is 113 Å². The van der Waals surface area contributed by atoms with E-state index in [0.717, 1.165) is 23.4 Å². The molecule has 0 bridgehead atoms. The molecule has 0 radical (unpaired) electrons. The highest BCUT2D eigenvalue weighted by molar-refractivity contribution is 5.83. The summed E-state index contributed by atoms with van der Waals surface area (Å²) >= 11 is 0. The maximum absolute atomic E-state index is 9.02. The van der Waals surface area contributed by atoms with E-state index >= 15 is 0 Å². The molecular weight excluding hydrogens is 242 g/mol. The van der Waals surface area contributed by atoms with Gasteiger partial charge in [0, 0.05) is 18.8 Å². The molecular formula is C13H21N5O. The molecule has 1 aromatic rings. The highest BCUT2D eigenvalue weighted by Crippen LogP contribution is 2.18. The Hall–Kier alpha value is -2.08. The van der Waals surface area contributed by atoms with Gasteiger partial charge in [0.2, 0.25) is 5.96 Å². The molecule has 19 heavy (non-hydrogen) atoms. The number of hydrogen-bond acceptors (Lipinski definition) is 4. The number of aryl methyl sites for hydroxylation is 1. The Bertz CT molecular complexity index is 466. The molecule has 0 aliphatic rings. The molecule has 0 amide bonds. The van der Waals surface area contributed by atoms with E-state index in [0.29, 0.717) is 6.54 Å². The van der Waals surface area contributed by atoms with Crippen LogP contribution in [0.5, 0.6) is 0 Å². The van der Waals surface area contributed by atoms with Crippen LogP contribution in [0.15, 0.2) is 28.4 Å². The Balaban J connectivity index is 2.90. The zero-order valence-electron chi connectivity index (χ0n) is 11.4. The van der Waals surface area contributed by atoms with Gasteiger partial charge in [-0.2, -0.15) is 5.10 Å². The second-order valence-electron chi connectivity index (χ2n) is 4.11. The monoisotopic (exact) mass is 263 g/mol. The third-order valence-corrected chi connectivity index (χ3v) is 2.74. The van der Waals surface area contributed by atoms with Crippen LogP contribution in [-0.4, -0.2) is 37.0 Å². The number of nitrogens with zero attached hydrogens (tertiary/aromatic N) is 3. The fourth-order valence-electron chi connectivity index (χ4n) is 1.75. The minimum Gasteiger partial charge on any atom is -0.395 e. The normalized spacial score (nSPS) is 10.7. The molecule has 0 fully saturated rings. The Morgan fingerprint density at radius 2 is 2.16 bits per heavy atom. The molecule has 1 aromatic carbocycles. The Morgan fingerprint density at radius 1 is 1.42 bits per heavy atom. The van der Waals surface area contributed by atoms with Gasteiger partial charge in [-0.1, -0.05) is 6.07 Å². The van der Waals surface area contributed by atoms with Crippen molar-refractivity contribution in [3.05, 3.63) is 29.3 Å². The van der Waals surface area contributed by atoms with Crippen LogP contribution in [0.25, 0.3) is 0 Å². The summed E-state index contributed by atoms with van der Waals surface area (Å²) < 4.78 is 0. The van der Waals surface area contributed by atoms with Gasteiger partial charge >= 0.3 is 0 Å². The maximum Gasteiger partial charge on any atom is 0.211 e. The van der Waals surface area contributed by atoms with Crippen molar-refractivity contribution in [3.63, 3.8) is 0 Å². The molecule has 6 heteroatoms. The summed E-state index contributed by atoms with van der Waals surface area (Å²) in [6, 6.07) is 6.00. The minimum absolute atomic E-state index is 0.0642. The summed E-state index contributed by atoms with van der Waals surface area (Å²) in [5.74, 6) is -0.0642. The smallest absolute Gasteiger partial charge is 0.211 e. The molecule has 0 heterocycles. The van der Waals surface area contributed by atoms with Crippen molar-refractivity contribution >= 4 is 17.9 Å². The quantitative estimate of drug-likeness (QED) is 0.393. The lowest BCUT2D eigenvalue weighted by Crippen LogP contribution is -2.26. The lowest BCUT2D eigenvalue weighted by atomic mass is 10.1. The summed E-state index contributed by atoms with van der Waals surface area (Å²) in [6.07, 6.45) is 1.61. The van der Waals surface area contributed by atoms with E-state index < -0.39 is 0 Å². The van der Waals surface area contributed by atoms with E-state index in [1.165, 1.54) is 0 Å². The predicted molar refractivity (Wildman–Crippen MR) is 79.6 cm³/mol. The first-order valence-corrected chi connectivity index (χ1v) is 6.17. The van der Waals surface area contributed by atoms with Crippen LogP contribution in [-0.2, 0) is 0 Å². The predicted octanol–water partition coefficient (Wildman–Crippen LogP) is 0.421. The van der Waals surface area contributed by atoms with Gasteiger partial charge in [-0.15, -0.1) is 5.10 Å². The molecule has 104 valence electrons. The number of aliphatic hydroxyl groups is 1. The second kappa shape index (κ2) is 7.38. The third-order valence-electron chi connectivity index (χ3n) is 2.74. The summed E-state index contributed by atoms with van der Waals surface area (Å²) in [4.78, 5) is 2.10. The van der Waals surface area contributed by atoms with Gasteiger partial charge in [-0.25, -0.2) is 0 Å². The number of anilines is 1. The largest absolute Gasteiger partial charge is 0.395 e. The van der Waals surface area contributed by atoms with E-state index in [1.54, 1.807) is 6.21 Å². The van der Waals surface area contributed by atoms with Gasteiger partial charge in [0.1, 0.15) is 0 Å². The first kappa shape index (κ1) is 15.0. The number of guanidine groups is 1. The molecule has 0 aromatic heterocycles. The zero-order valence-corrected chi connectivity index (χ0v) is 11.4. The van der Waals surface area contributed by atoms with Crippen LogP contribution < -0.4 is 16.4 Å². The van der Waals surface area contributed by atoms with Gasteiger partial charge < -0.3 is 21.5 Å². The van der Waals surface area contributed by atoms with E-state index in [9.17, 15) is 0 Å². The van der Waals surface area contributed by atoms with Crippen molar-refractivity contribution < 1.29 is 5.11 Å². The van der Waals surface area contributed by atoms with Gasteiger partial charge in [0.05, 0.1) is 12.8 Å². The van der Waals surface area contributed by atoms with Gasteiger partial charge in [-0.3, -0.25) is 0 Å². The zero-order chi connectivity index (χ0) is 14.3. The van der Waals surface area contributed by atoms with Crippen molar-refractivity contribution in [3.8, 4) is 0 Å². The first-order valence-electron chi connectivity index (χ1n) is 6.17. The topological polar surface area (TPSA) is 100 Å². The molecule has 0 aliphatic carbocycles. The van der Waals surface area contributed by atoms with Crippen molar-refractivity contribution in [2.45, 2.75) is 13.8 Å². The molecule has 1 rings (SSSR count). The number of hydrogen-bond donors (Lipinski definition) is 3. The third kappa shape index (κ3) is 4.59. The molecule has 5 N–H and O–H groups in total. The summed E-state index contributed by atoms with van der Waals surface area (Å²) in [7, 11) is 0. The minimum atomic E-state index is -0.0642. The van der Waals surface area contributed by atoms with Crippen LogP contribution in [0.4, 0.5) is 5.69 Å². The molecule has 0 saturated heterocycles. The van der Waals surface area contributed by atoms with Gasteiger partial charge in [-0.05, 0) is 37.1 Å². The summed E-state index contributed by atoms with van der Waals surface area (Å²) in [6.45, 7) is 5.66. The van der Waals surface area contributed by atoms with Crippen LogP contribution in [0.1, 0.15) is 18.1 Å². The average Bonchev–Trinajstić information content (AvgIpc) is 2.37. The SMILES string of the molecule is CCN(CCO)c1ccc(/C=N\N=C(N)N)c(C)c1. The summed E-state index contributed by atoms with van der Waals surface area (Å²) in [5, 5.41) is 16.4. The lowest BCUT2D eigenvalue weighted by molar-refractivity contribution is 0.302. The fourth-order valence-corrected chi connectivity index (χ4v) is 1.75. The highest BCUT2D eigenvalue weighted by Gasteiger charge is 2.05. The summed E-state index contributed by atoms with van der Waals surface area (Å²) in [5.41, 5.74) is 13.5. The van der Waals surface area contributed by atoms with Crippen molar-refractivity contribution in [2.75, 3.05) is 24.6 Å². The van der Waals surface area contributed by atoms with E-state index in [1.807, 2.05) is 19.1 Å². The lowest BCUT2D eigenvalue weighted by Gasteiger charge is -2.22. The van der Waals surface area contributed by atoms with Crippen LogP contribution in [0, 0.1) is 6.92 Å². The van der Waals surface area contributed by atoms with E-state index in [-0.39, 0.29) is 12.6 Å². The van der Waals surface area contributed by atoms with Crippen molar-refractivity contribution in [1.29, 1.82) is 0 Å². The van der Waals surface area contributed by atoms with E-state index in [4.69, 9.17) is 16.6 Å². The molecule has 0 atom stereocenters. The second-order valence-corrected chi connectivity index (χ2v) is 4.11. The van der Waals surface area contributed by atoms with E-state index in [2.05, 4.69) is 28.1 Å². The number of rotatable bonds is 6. The fraction of sp³-hybridized carbons (Fsp3) is 0.385. The van der Waals surface area contributed by atoms with Crippen molar-refractivity contribution in [2.24, 2.45) is 21.7 Å². The number of benzene rings is 1. The van der Waals surface area contributed by atoms with Gasteiger partial charge in [0.25, 0.3) is 0 Å². The molecule has 0 spiro atoms. The van der Waals surface area contributed by atoms with Crippen molar-refractivity contribution in [1.82, 2.24) is 0 Å². The van der Waals surface area contributed by atoms with Gasteiger partial charge in [0.15, 0.2) is 0 Å². The molecule has 6 nitrogen and oxygen atoms in total. The standard InChI is InChI=1S/C13H21N5O/c1-3-18(6-7-19)12-5-4-11(10(2)8-12)9-16-17-13(14)15/h4-5,8-9,19H,3,6-7H2,1-2H3,(H4,14,15,17)/b16-9-. The average molecular weight is 263 g/mol. The molecule has 0 saturated carbocycles. The number of nitrogens with two attached hydrogens (primary N) is 2. The number of likely N-dealkylation sites (N-methyl/N-ethyl adjacent to an activating group) is 1. The molecule has 0 aliphatic heterocycles.